The van der Waals surface area contributed by atoms with Crippen LogP contribution in [0, 0.1) is 6.92 Å². The minimum atomic E-state index is 0.0685. The number of hydrogen-bond acceptors (Lipinski definition) is 6. The molecule has 3 heterocycles. The summed E-state index contributed by atoms with van der Waals surface area (Å²) >= 11 is 0. The van der Waals surface area contributed by atoms with Crippen LogP contribution in [0.3, 0.4) is 0 Å². The molecule has 0 spiro atoms. The fourth-order valence-electron chi connectivity index (χ4n) is 4.64. The van der Waals surface area contributed by atoms with Crippen LogP contribution in [0.25, 0.3) is 0 Å². The van der Waals surface area contributed by atoms with Crippen molar-refractivity contribution < 1.29 is 14.3 Å². The highest BCUT2D eigenvalue weighted by Gasteiger charge is 2.29. The third-order valence-electron chi connectivity index (χ3n) is 6.58. The normalized spacial score (nSPS) is 15.7. The number of aryl methyl sites for hydroxylation is 1. The molecule has 1 fully saturated rings. The number of morpholine rings is 1. The summed E-state index contributed by atoms with van der Waals surface area (Å²) in [6.07, 6.45) is 1.38. The number of amides is 1. The van der Waals surface area contributed by atoms with Crippen LogP contribution in [0.2, 0.25) is 0 Å². The van der Waals surface area contributed by atoms with Gasteiger partial charge < -0.3 is 19.3 Å². The number of nitrogens with zero attached hydrogens (tertiary/aromatic N) is 4. The van der Waals surface area contributed by atoms with Gasteiger partial charge in [-0.3, -0.25) is 4.79 Å². The molecule has 3 aromatic rings. The zero-order valence-electron chi connectivity index (χ0n) is 19.8. The van der Waals surface area contributed by atoms with E-state index in [1.807, 2.05) is 48.2 Å². The van der Waals surface area contributed by atoms with Crippen LogP contribution in [0.1, 0.15) is 38.6 Å². The summed E-state index contributed by atoms with van der Waals surface area (Å²) in [6.45, 7) is 6.10. The number of rotatable bonds is 5. The molecule has 1 aromatic heterocycles. The second-order valence-electron chi connectivity index (χ2n) is 8.80. The Morgan fingerprint density at radius 2 is 1.79 bits per heavy atom. The molecule has 0 atom stereocenters. The Kier molecular flexibility index (Phi) is 6.45. The van der Waals surface area contributed by atoms with Gasteiger partial charge in [0.15, 0.2) is 0 Å². The first-order chi connectivity index (χ1) is 16.6. The minimum absolute atomic E-state index is 0.0685. The van der Waals surface area contributed by atoms with Gasteiger partial charge >= 0.3 is 0 Å². The lowest BCUT2D eigenvalue weighted by molar-refractivity contribution is 0.0732. The van der Waals surface area contributed by atoms with Gasteiger partial charge in [-0.25, -0.2) is 9.97 Å². The fourth-order valence-corrected chi connectivity index (χ4v) is 4.64. The van der Waals surface area contributed by atoms with E-state index in [9.17, 15) is 4.79 Å². The van der Waals surface area contributed by atoms with Crippen molar-refractivity contribution in [3.8, 4) is 5.75 Å². The highest BCUT2D eigenvalue weighted by atomic mass is 16.5. The molecule has 2 aliphatic rings. The summed E-state index contributed by atoms with van der Waals surface area (Å²) in [5.41, 5.74) is 5.01. The summed E-state index contributed by atoms with van der Waals surface area (Å²) in [6, 6.07) is 15.8. The van der Waals surface area contributed by atoms with Gasteiger partial charge in [-0.15, -0.1) is 0 Å². The third-order valence-corrected chi connectivity index (χ3v) is 6.58. The Labute approximate surface area is 200 Å². The van der Waals surface area contributed by atoms with E-state index in [0.717, 1.165) is 64.8 Å². The first-order valence-corrected chi connectivity index (χ1v) is 11.8. The van der Waals surface area contributed by atoms with Gasteiger partial charge in [0, 0.05) is 43.6 Å². The Bertz CT molecular complexity index is 1170. The molecule has 1 saturated heterocycles. The largest absolute Gasteiger partial charge is 0.497 e. The molecular formula is C27H30N4O3. The molecule has 5 rings (SSSR count). The molecule has 2 aromatic carbocycles. The molecule has 0 unspecified atom stereocenters. The molecule has 0 bridgehead atoms. The second kappa shape index (κ2) is 9.81. The molecule has 7 nitrogen and oxygen atoms in total. The Hall–Kier alpha value is -3.45. The smallest absolute Gasteiger partial charge is 0.254 e. The average Bonchev–Trinajstić information content (AvgIpc) is 2.89. The maximum absolute atomic E-state index is 13.3. The SMILES string of the molecule is COc1ccc(Cc2nc3c(c(N4CCOCC4)n2)CN(C(=O)c2ccccc2C)CC3)cc1. The summed E-state index contributed by atoms with van der Waals surface area (Å²) in [7, 11) is 1.67. The number of fused-ring (bicyclic) bond motifs is 1. The number of carbonyl (C=O) groups excluding carboxylic acids is 1. The lowest BCUT2D eigenvalue weighted by atomic mass is 10.0. The molecule has 0 radical (unpaired) electrons. The summed E-state index contributed by atoms with van der Waals surface area (Å²) < 4.78 is 10.9. The predicted octanol–water partition coefficient (Wildman–Crippen LogP) is 3.42. The molecular weight excluding hydrogens is 428 g/mol. The maximum atomic E-state index is 13.3. The van der Waals surface area contributed by atoms with Gasteiger partial charge in [0.25, 0.3) is 5.91 Å². The van der Waals surface area contributed by atoms with Crippen LogP contribution in [0.4, 0.5) is 5.82 Å². The summed E-state index contributed by atoms with van der Waals surface area (Å²) in [5, 5.41) is 0. The van der Waals surface area contributed by atoms with Crippen LogP contribution >= 0.6 is 0 Å². The van der Waals surface area contributed by atoms with Crippen molar-refractivity contribution in [3.63, 3.8) is 0 Å². The fraction of sp³-hybridized carbons (Fsp3) is 0.370. The number of methoxy groups -OCH3 is 1. The number of anilines is 1. The van der Waals surface area contributed by atoms with Crippen LogP contribution in [-0.4, -0.2) is 60.7 Å². The van der Waals surface area contributed by atoms with E-state index < -0.39 is 0 Å². The van der Waals surface area contributed by atoms with Crippen LogP contribution in [-0.2, 0) is 24.1 Å². The zero-order valence-corrected chi connectivity index (χ0v) is 19.8. The summed E-state index contributed by atoms with van der Waals surface area (Å²) in [5.74, 6) is 2.66. The predicted molar refractivity (Wildman–Crippen MR) is 130 cm³/mol. The van der Waals surface area contributed by atoms with E-state index in [1.165, 1.54) is 0 Å². The Morgan fingerprint density at radius 1 is 1.03 bits per heavy atom. The molecule has 176 valence electrons. The highest BCUT2D eigenvalue weighted by molar-refractivity contribution is 5.95. The number of hydrogen-bond donors (Lipinski definition) is 0. The van der Waals surface area contributed by atoms with Crippen molar-refractivity contribution in [2.24, 2.45) is 0 Å². The quantitative estimate of drug-likeness (QED) is 0.584. The van der Waals surface area contributed by atoms with Crippen LogP contribution in [0.15, 0.2) is 48.5 Å². The third kappa shape index (κ3) is 4.61. The molecule has 0 saturated carbocycles. The van der Waals surface area contributed by atoms with E-state index >= 15 is 0 Å². The van der Waals surface area contributed by atoms with E-state index in [4.69, 9.17) is 19.4 Å². The first kappa shape index (κ1) is 22.3. The van der Waals surface area contributed by atoms with E-state index in [-0.39, 0.29) is 5.91 Å². The average molecular weight is 459 g/mol. The van der Waals surface area contributed by atoms with E-state index in [1.54, 1.807) is 7.11 Å². The Balaban J connectivity index is 1.46. The summed E-state index contributed by atoms with van der Waals surface area (Å²) in [4.78, 5) is 27.5. The van der Waals surface area contributed by atoms with Crippen molar-refractivity contribution in [1.82, 2.24) is 14.9 Å². The molecule has 34 heavy (non-hydrogen) atoms. The molecule has 0 aliphatic carbocycles. The van der Waals surface area contributed by atoms with Crippen molar-refractivity contribution in [3.05, 3.63) is 82.3 Å². The van der Waals surface area contributed by atoms with Gasteiger partial charge in [0.05, 0.1) is 32.6 Å². The second-order valence-corrected chi connectivity index (χ2v) is 8.80. The maximum Gasteiger partial charge on any atom is 0.254 e. The molecule has 0 N–H and O–H groups in total. The van der Waals surface area contributed by atoms with Gasteiger partial charge in [-0.05, 0) is 36.2 Å². The number of benzene rings is 2. The number of ether oxygens (including phenoxy) is 2. The van der Waals surface area contributed by atoms with Gasteiger partial charge in [0.2, 0.25) is 0 Å². The lowest BCUT2D eigenvalue weighted by Crippen LogP contribution is -2.41. The van der Waals surface area contributed by atoms with Crippen LogP contribution in [0.5, 0.6) is 5.75 Å². The van der Waals surface area contributed by atoms with Crippen molar-refractivity contribution in [2.75, 3.05) is 44.9 Å². The monoisotopic (exact) mass is 458 g/mol. The lowest BCUT2D eigenvalue weighted by Gasteiger charge is -2.34. The standard InChI is InChI=1S/C27H30N4O3/c1-19-5-3-4-6-22(19)27(32)31-12-11-24-23(18-31)26(30-13-15-34-16-14-30)29-25(28-24)17-20-7-9-21(33-2)10-8-20/h3-10H,11-18H2,1-2H3. The van der Waals surface area contributed by atoms with Crippen molar-refractivity contribution in [1.29, 1.82) is 0 Å². The minimum Gasteiger partial charge on any atom is -0.497 e. The van der Waals surface area contributed by atoms with E-state index in [0.29, 0.717) is 32.7 Å². The van der Waals surface area contributed by atoms with Crippen molar-refractivity contribution >= 4 is 11.7 Å². The number of carbonyl (C=O) groups is 1. The number of aromatic nitrogens is 2. The topological polar surface area (TPSA) is 67.8 Å². The van der Waals surface area contributed by atoms with Crippen molar-refractivity contribution in [2.45, 2.75) is 26.3 Å². The molecule has 7 heteroatoms. The highest BCUT2D eigenvalue weighted by Crippen LogP contribution is 2.29. The zero-order chi connectivity index (χ0) is 23.5. The van der Waals surface area contributed by atoms with Gasteiger partial charge in [-0.1, -0.05) is 30.3 Å². The Morgan fingerprint density at radius 3 is 2.53 bits per heavy atom. The van der Waals surface area contributed by atoms with Gasteiger partial charge in [0.1, 0.15) is 17.4 Å². The van der Waals surface area contributed by atoms with Gasteiger partial charge in [-0.2, -0.15) is 0 Å². The first-order valence-electron chi connectivity index (χ1n) is 11.8. The molecule has 1 amide bonds. The molecule has 2 aliphatic heterocycles. The van der Waals surface area contributed by atoms with Crippen LogP contribution < -0.4 is 9.64 Å². The van der Waals surface area contributed by atoms with E-state index in [2.05, 4.69) is 17.0 Å².